The minimum absolute atomic E-state index is 0.0234. The number of anilines is 1. The van der Waals surface area contributed by atoms with Gasteiger partial charge in [-0.1, -0.05) is 6.07 Å². The predicted molar refractivity (Wildman–Crippen MR) is 75.4 cm³/mol. The van der Waals surface area contributed by atoms with Gasteiger partial charge in [-0.15, -0.1) is 0 Å². The van der Waals surface area contributed by atoms with E-state index in [9.17, 15) is 14.0 Å². The summed E-state index contributed by atoms with van der Waals surface area (Å²) in [5.41, 5.74) is 0.797. The fraction of sp³-hybridized carbons (Fsp3) is 0.467. The van der Waals surface area contributed by atoms with Gasteiger partial charge in [-0.05, 0) is 30.9 Å². The molecule has 0 unspecified atom stereocenters. The van der Waals surface area contributed by atoms with Gasteiger partial charge in [-0.3, -0.25) is 9.59 Å². The molecule has 1 amide bonds. The molecule has 0 saturated carbocycles. The highest BCUT2D eigenvalue weighted by Crippen LogP contribution is 2.28. The Balaban J connectivity index is 2.00. The average molecular weight is 278 g/mol. The number of amides is 1. The van der Waals surface area contributed by atoms with Crippen LogP contribution in [0.2, 0.25) is 0 Å². The minimum Gasteiger partial charge on any atom is -0.369 e. The van der Waals surface area contributed by atoms with Gasteiger partial charge in [0.2, 0.25) is 5.91 Å². The summed E-state index contributed by atoms with van der Waals surface area (Å²) in [6.07, 6.45) is 2.46. The summed E-state index contributed by atoms with van der Waals surface area (Å²) in [5, 5.41) is 2.82. The third-order valence-electron chi connectivity index (χ3n) is 3.72. The van der Waals surface area contributed by atoms with E-state index in [1.165, 1.54) is 13.0 Å². The molecule has 0 aliphatic carbocycles. The van der Waals surface area contributed by atoms with E-state index in [1.807, 2.05) is 4.90 Å². The lowest BCUT2D eigenvalue weighted by Gasteiger charge is -2.34. The summed E-state index contributed by atoms with van der Waals surface area (Å²) in [5.74, 6) is 0.0429. The molecule has 5 heteroatoms. The van der Waals surface area contributed by atoms with E-state index < -0.39 is 0 Å². The van der Waals surface area contributed by atoms with Gasteiger partial charge in [-0.2, -0.15) is 0 Å². The molecule has 4 nitrogen and oxygen atoms in total. The molecule has 0 spiro atoms. The summed E-state index contributed by atoms with van der Waals surface area (Å²) >= 11 is 0. The molecule has 1 aliphatic heterocycles. The lowest BCUT2D eigenvalue weighted by Crippen LogP contribution is -2.39. The van der Waals surface area contributed by atoms with Crippen molar-refractivity contribution in [3.63, 3.8) is 0 Å². The highest BCUT2D eigenvalue weighted by Gasteiger charge is 2.23. The molecule has 1 aromatic rings. The molecule has 20 heavy (non-hydrogen) atoms. The molecular weight excluding hydrogens is 259 g/mol. The summed E-state index contributed by atoms with van der Waals surface area (Å²) < 4.78 is 13.9. The number of halogens is 1. The van der Waals surface area contributed by atoms with Crippen molar-refractivity contribution in [2.45, 2.75) is 19.8 Å². The van der Waals surface area contributed by atoms with Gasteiger partial charge in [-0.25, -0.2) is 4.39 Å². The van der Waals surface area contributed by atoms with Crippen LogP contribution >= 0.6 is 0 Å². The Labute approximate surface area is 118 Å². The lowest BCUT2D eigenvalue weighted by molar-refractivity contribution is -0.119. The van der Waals surface area contributed by atoms with Crippen molar-refractivity contribution in [2.24, 2.45) is 5.92 Å². The maximum absolute atomic E-state index is 13.9. The molecule has 0 bridgehead atoms. The SMILES string of the molecule is CC(=O)NCC1CCN(c2c(F)cccc2C=O)CC1. The van der Waals surface area contributed by atoms with E-state index in [0.29, 0.717) is 43.1 Å². The standard InChI is InChI=1S/C15H19FN2O2/c1-11(20)17-9-12-5-7-18(8-6-12)15-13(10-19)3-2-4-14(15)16/h2-4,10,12H,5-9H2,1H3,(H,17,20). The second kappa shape index (κ2) is 6.50. The molecule has 1 fully saturated rings. The van der Waals surface area contributed by atoms with Gasteiger partial charge in [0.15, 0.2) is 6.29 Å². The van der Waals surface area contributed by atoms with Gasteiger partial charge < -0.3 is 10.2 Å². The number of nitrogens with zero attached hydrogens (tertiary/aromatic N) is 1. The van der Waals surface area contributed by atoms with E-state index in [2.05, 4.69) is 5.32 Å². The third kappa shape index (κ3) is 3.35. The topological polar surface area (TPSA) is 49.4 Å². The van der Waals surface area contributed by atoms with Crippen molar-refractivity contribution in [3.8, 4) is 0 Å². The Morgan fingerprint density at radius 1 is 1.45 bits per heavy atom. The van der Waals surface area contributed by atoms with Crippen LogP contribution in [0.4, 0.5) is 10.1 Å². The lowest BCUT2D eigenvalue weighted by atomic mass is 9.95. The Morgan fingerprint density at radius 2 is 2.15 bits per heavy atom. The van der Waals surface area contributed by atoms with Crippen LogP contribution in [0.5, 0.6) is 0 Å². The number of piperidine rings is 1. The van der Waals surface area contributed by atoms with Crippen LogP contribution < -0.4 is 10.2 Å². The number of aldehydes is 1. The minimum atomic E-state index is -0.352. The molecule has 0 radical (unpaired) electrons. The van der Waals surface area contributed by atoms with Crippen LogP contribution in [-0.4, -0.2) is 31.8 Å². The van der Waals surface area contributed by atoms with Crippen molar-refractivity contribution >= 4 is 17.9 Å². The Hall–Kier alpha value is -1.91. The van der Waals surface area contributed by atoms with E-state index in [1.54, 1.807) is 12.1 Å². The maximum Gasteiger partial charge on any atom is 0.216 e. The van der Waals surface area contributed by atoms with E-state index in [4.69, 9.17) is 0 Å². The van der Waals surface area contributed by atoms with Crippen LogP contribution in [0, 0.1) is 11.7 Å². The summed E-state index contributed by atoms with van der Waals surface area (Å²) in [6.45, 7) is 3.57. The molecule has 2 rings (SSSR count). The predicted octanol–water partition coefficient (Wildman–Crippen LogP) is 1.99. The zero-order chi connectivity index (χ0) is 14.5. The van der Waals surface area contributed by atoms with Gasteiger partial charge >= 0.3 is 0 Å². The summed E-state index contributed by atoms with van der Waals surface area (Å²) in [7, 11) is 0. The molecule has 1 saturated heterocycles. The molecule has 0 aromatic heterocycles. The average Bonchev–Trinajstić information content (AvgIpc) is 2.45. The number of rotatable bonds is 4. The Kier molecular flexibility index (Phi) is 4.71. The second-order valence-electron chi connectivity index (χ2n) is 5.16. The number of carbonyl (C=O) groups is 2. The van der Waals surface area contributed by atoms with E-state index in [-0.39, 0.29) is 11.7 Å². The first-order valence-electron chi connectivity index (χ1n) is 6.85. The van der Waals surface area contributed by atoms with Crippen molar-refractivity contribution in [3.05, 3.63) is 29.6 Å². The van der Waals surface area contributed by atoms with Gasteiger partial charge in [0.05, 0.1) is 5.69 Å². The quantitative estimate of drug-likeness (QED) is 0.857. The van der Waals surface area contributed by atoms with Crippen LogP contribution in [0.1, 0.15) is 30.1 Å². The highest BCUT2D eigenvalue weighted by molar-refractivity contribution is 5.84. The van der Waals surface area contributed by atoms with Gasteiger partial charge in [0.1, 0.15) is 5.82 Å². The first-order valence-corrected chi connectivity index (χ1v) is 6.85. The normalized spacial score (nSPS) is 16.0. The van der Waals surface area contributed by atoms with Crippen LogP contribution in [-0.2, 0) is 4.79 Å². The van der Waals surface area contributed by atoms with Crippen LogP contribution in [0.3, 0.4) is 0 Å². The first kappa shape index (κ1) is 14.5. The first-order chi connectivity index (χ1) is 9.61. The molecular formula is C15H19FN2O2. The monoisotopic (exact) mass is 278 g/mol. The fourth-order valence-electron chi connectivity index (χ4n) is 2.61. The second-order valence-corrected chi connectivity index (χ2v) is 5.16. The number of hydrogen-bond acceptors (Lipinski definition) is 3. The zero-order valence-electron chi connectivity index (χ0n) is 11.6. The molecule has 1 aliphatic rings. The number of para-hydroxylation sites is 1. The van der Waals surface area contributed by atoms with E-state index >= 15 is 0 Å². The van der Waals surface area contributed by atoms with Gasteiger partial charge in [0.25, 0.3) is 0 Å². The number of carbonyl (C=O) groups excluding carboxylic acids is 2. The van der Waals surface area contributed by atoms with Crippen molar-refractivity contribution in [1.82, 2.24) is 5.32 Å². The smallest absolute Gasteiger partial charge is 0.216 e. The Bertz CT molecular complexity index is 497. The zero-order valence-corrected chi connectivity index (χ0v) is 11.6. The summed E-state index contributed by atoms with van der Waals surface area (Å²) in [6, 6.07) is 4.56. The molecule has 108 valence electrons. The van der Waals surface area contributed by atoms with Gasteiger partial charge in [0, 0.05) is 32.1 Å². The van der Waals surface area contributed by atoms with E-state index in [0.717, 1.165) is 12.8 Å². The summed E-state index contributed by atoms with van der Waals surface area (Å²) in [4.78, 5) is 23.8. The van der Waals surface area contributed by atoms with Crippen molar-refractivity contribution in [2.75, 3.05) is 24.5 Å². The van der Waals surface area contributed by atoms with Crippen LogP contribution in [0.15, 0.2) is 18.2 Å². The largest absolute Gasteiger partial charge is 0.369 e. The third-order valence-corrected chi connectivity index (χ3v) is 3.72. The van der Waals surface area contributed by atoms with Crippen molar-refractivity contribution < 1.29 is 14.0 Å². The number of hydrogen-bond donors (Lipinski definition) is 1. The number of nitrogens with one attached hydrogen (secondary N) is 1. The van der Waals surface area contributed by atoms with Crippen LogP contribution in [0.25, 0.3) is 0 Å². The Morgan fingerprint density at radius 3 is 2.75 bits per heavy atom. The number of benzene rings is 1. The fourth-order valence-corrected chi connectivity index (χ4v) is 2.61. The highest BCUT2D eigenvalue weighted by atomic mass is 19.1. The molecule has 0 atom stereocenters. The molecule has 1 aromatic carbocycles. The molecule has 1 N–H and O–H groups in total. The van der Waals surface area contributed by atoms with Crippen molar-refractivity contribution in [1.29, 1.82) is 0 Å². The maximum atomic E-state index is 13.9. The molecule has 1 heterocycles.